The number of piperazine rings is 1. The summed E-state index contributed by atoms with van der Waals surface area (Å²) in [4.78, 5) is 39.7. The second-order valence-electron chi connectivity index (χ2n) is 5.66. The number of carbonyl (C=O) groups excluding carboxylic acids is 3. The summed E-state index contributed by atoms with van der Waals surface area (Å²) >= 11 is 6.09. The number of carbonyl (C=O) groups is 3. The van der Waals surface area contributed by atoms with E-state index in [4.69, 9.17) is 16.3 Å². The summed E-state index contributed by atoms with van der Waals surface area (Å²) in [6.45, 7) is 2.40. The SMILES string of the molecule is CC[C@H]1C(=O)NCCN1C(=O)CN1C(=O)COc2c(Cl)cccc21. The number of hydrogen-bond donors (Lipinski definition) is 1. The van der Waals surface area contributed by atoms with Crippen LogP contribution in [0.2, 0.25) is 5.02 Å². The van der Waals surface area contributed by atoms with Crippen LogP contribution in [-0.2, 0) is 14.4 Å². The van der Waals surface area contributed by atoms with E-state index in [2.05, 4.69) is 5.32 Å². The van der Waals surface area contributed by atoms with Crippen molar-refractivity contribution >= 4 is 35.0 Å². The smallest absolute Gasteiger partial charge is 0.265 e. The maximum atomic E-state index is 12.7. The van der Waals surface area contributed by atoms with Crippen molar-refractivity contribution in [2.75, 3.05) is 31.1 Å². The van der Waals surface area contributed by atoms with Crippen molar-refractivity contribution in [1.82, 2.24) is 10.2 Å². The van der Waals surface area contributed by atoms with Gasteiger partial charge in [0.05, 0.1) is 10.7 Å². The van der Waals surface area contributed by atoms with Gasteiger partial charge in [-0.3, -0.25) is 19.3 Å². The molecule has 0 aromatic heterocycles. The number of nitrogens with zero attached hydrogens (tertiary/aromatic N) is 2. The van der Waals surface area contributed by atoms with Crippen LogP contribution in [0, 0.1) is 0 Å². The van der Waals surface area contributed by atoms with Crippen molar-refractivity contribution in [2.45, 2.75) is 19.4 Å². The first kappa shape index (κ1) is 16.6. The summed E-state index contributed by atoms with van der Waals surface area (Å²) in [5.74, 6) is -0.339. The van der Waals surface area contributed by atoms with Gasteiger partial charge in [0.25, 0.3) is 5.91 Å². The lowest BCUT2D eigenvalue weighted by Gasteiger charge is -2.37. The minimum absolute atomic E-state index is 0.140. The Bertz CT molecular complexity index is 694. The van der Waals surface area contributed by atoms with E-state index in [9.17, 15) is 14.4 Å². The van der Waals surface area contributed by atoms with E-state index >= 15 is 0 Å². The number of fused-ring (bicyclic) bond motifs is 1. The molecular formula is C16H18ClN3O4. The molecule has 1 aromatic rings. The first-order chi connectivity index (χ1) is 11.5. The maximum Gasteiger partial charge on any atom is 0.265 e. The zero-order chi connectivity index (χ0) is 17.3. The van der Waals surface area contributed by atoms with Gasteiger partial charge in [-0.2, -0.15) is 0 Å². The highest BCUT2D eigenvalue weighted by Gasteiger charge is 2.35. The summed E-state index contributed by atoms with van der Waals surface area (Å²) < 4.78 is 5.37. The molecule has 0 bridgehead atoms. The van der Waals surface area contributed by atoms with Crippen LogP contribution in [0.4, 0.5) is 5.69 Å². The molecule has 1 N–H and O–H groups in total. The van der Waals surface area contributed by atoms with Gasteiger partial charge in [0.2, 0.25) is 11.8 Å². The van der Waals surface area contributed by atoms with Crippen LogP contribution in [0.1, 0.15) is 13.3 Å². The molecule has 0 radical (unpaired) electrons. The zero-order valence-corrected chi connectivity index (χ0v) is 14.0. The van der Waals surface area contributed by atoms with Gasteiger partial charge in [0.15, 0.2) is 12.4 Å². The molecule has 0 unspecified atom stereocenters. The van der Waals surface area contributed by atoms with Gasteiger partial charge >= 0.3 is 0 Å². The molecule has 24 heavy (non-hydrogen) atoms. The molecule has 1 fully saturated rings. The maximum absolute atomic E-state index is 12.7. The molecule has 8 heteroatoms. The fourth-order valence-corrected chi connectivity index (χ4v) is 3.24. The van der Waals surface area contributed by atoms with Crippen molar-refractivity contribution in [3.05, 3.63) is 23.2 Å². The predicted molar refractivity (Wildman–Crippen MR) is 88.1 cm³/mol. The minimum atomic E-state index is -0.499. The lowest BCUT2D eigenvalue weighted by Crippen LogP contribution is -2.59. The van der Waals surface area contributed by atoms with E-state index in [1.165, 1.54) is 9.80 Å². The summed E-state index contributed by atoms with van der Waals surface area (Å²) in [6, 6.07) is 4.55. The molecule has 128 valence electrons. The van der Waals surface area contributed by atoms with Crippen LogP contribution >= 0.6 is 11.6 Å². The number of amides is 3. The molecular weight excluding hydrogens is 334 g/mol. The van der Waals surface area contributed by atoms with Gasteiger partial charge in [0, 0.05) is 13.1 Å². The highest BCUT2D eigenvalue weighted by Crippen LogP contribution is 2.38. The van der Waals surface area contributed by atoms with Gasteiger partial charge in [-0.1, -0.05) is 24.6 Å². The fourth-order valence-electron chi connectivity index (χ4n) is 3.02. The van der Waals surface area contributed by atoms with Crippen LogP contribution in [0.5, 0.6) is 5.75 Å². The molecule has 3 rings (SSSR count). The highest BCUT2D eigenvalue weighted by atomic mass is 35.5. The Morgan fingerprint density at radius 2 is 2.21 bits per heavy atom. The van der Waals surface area contributed by atoms with Crippen LogP contribution in [0.15, 0.2) is 18.2 Å². The third-order valence-electron chi connectivity index (χ3n) is 4.21. The van der Waals surface area contributed by atoms with Gasteiger partial charge in [-0.15, -0.1) is 0 Å². The topological polar surface area (TPSA) is 79.0 Å². The third kappa shape index (κ3) is 2.91. The zero-order valence-electron chi connectivity index (χ0n) is 13.3. The van der Waals surface area contributed by atoms with Crippen molar-refractivity contribution < 1.29 is 19.1 Å². The number of nitrogens with one attached hydrogen (secondary N) is 1. The van der Waals surface area contributed by atoms with E-state index in [1.54, 1.807) is 18.2 Å². The number of rotatable bonds is 3. The first-order valence-electron chi connectivity index (χ1n) is 7.81. The van der Waals surface area contributed by atoms with Crippen molar-refractivity contribution in [3.63, 3.8) is 0 Å². The molecule has 0 spiro atoms. The predicted octanol–water partition coefficient (Wildman–Crippen LogP) is 0.802. The van der Waals surface area contributed by atoms with Gasteiger partial charge < -0.3 is 15.0 Å². The van der Waals surface area contributed by atoms with Crippen molar-refractivity contribution in [1.29, 1.82) is 0 Å². The monoisotopic (exact) mass is 351 g/mol. The molecule has 1 aromatic carbocycles. The van der Waals surface area contributed by atoms with Gasteiger partial charge in [0.1, 0.15) is 12.6 Å². The van der Waals surface area contributed by atoms with E-state index in [1.807, 2.05) is 6.92 Å². The van der Waals surface area contributed by atoms with Crippen molar-refractivity contribution in [2.24, 2.45) is 0 Å². The standard InChI is InChI=1S/C16H18ClN3O4/c1-2-11-16(23)18-6-7-19(11)13(21)8-20-12-5-3-4-10(17)15(12)24-9-14(20)22/h3-5,11H,2,6-9H2,1H3,(H,18,23)/t11-/m0/s1. The molecule has 1 saturated heterocycles. The Balaban J connectivity index is 1.83. The highest BCUT2D eigenvalue weighted by molar-refractivity contribution is 6.32. The molecule has 2 heterocycles. The quantitative estimate of drug-likeness (QED) is 0.873. The van der Waals surface area contributed by atoms with Crippen LogP contribution in [0.3, 0.4) is 0 Å². The molecule has 0 aliphatic carbocycles. The molecule has 1 atom stereocenters. The Labute approximate surface area is 144 Å². The lowest BCUT2D eigenvalue weighted by molar-refractivity contribution is -0.142. The van der Waals surface area contributed by atoms with E-state index < -0.39 is 6.04 Å². The van der Waals surface area contributed by atoms with E-state index in [0.29, 0.717) is 36.0 Å². The number of benzene rings is 1. The number of ether oxygens (including phenoxy) is 1. The normalized spacial score (nSPS) is 20.3. The molecule has 2 aliphatic rings. The Morgan fingerprint density at radius 3 is 2.96 bits per heavy atom. The Morgan fingerprint density at radius 1 is 1.42 bits per heavy atom. The summed E-state index contributed by atoms with van der Waals surface area (Å²) in [5, 5.41) is 3.14. The second kappa shape index (κ2) is 6.68. The first-order valence-corrected chi connectivity index (χ1v) is 8.19. The average molecular weight is 352 g/mol. The van der Waals surface area contributed by atoms with Gasteiger partial charge in [-0.25, -0.2) is 0 Å². The van der Waals surface area contributed by atoms with Crippen LogP contribution < -0.4 is 15.0 Å². The molecule has 3 amide bonds. The van der Waals surface area contributed by atoms with Crippen LogP contribution in [0.25, 0.3) is 0 Å². The fraction of sp³-hybridized carbons (Fsp3) is 0.438. The minimum Gasteiger partial charge on any atom is -0.480 e. The van der Waals surface area contributed by atoms with Gasteiger partial charge in [-0.05, 0) is 18.6 Å². The Hall–Kier alpha value is -2.28. The van der Waals surface area contributed by atoms with Crippen LogP contribution in [-0.4, -0.2) is 54.9 Å². The molecule has 7 nitrogen and oxygen atoms in total. The number of para-hydroxylation sites is 1. The second-order valence-corrected chi connectivity index (χ2v) is 6.07. The number of hydrogen-bond acceptors (Lipinski definition) is 4. The summed E-state index contributed by atoms with van der Waals surface area (Å²) in [7, 11) is 0. The lowest BCUT2D eigenvalue weighted by atomic mass is 10.1. The van der Waals surface area contributed by atoms with E-state index in [0.717, 1.165) is 0 Å². The average Bonchev–Trinajstić information content (AvgIpc) is 2.57. The number of anilines is 1. The molecule has 2 aliphatic heterocycles. The summed E-state index contributed by atoms with van der Waals surface area (Å²) in [5.41, 5.74) is 0.474. The van der Waals surface area contributed by atoms with Crippen molar-refractivity contribution in [3.8, 4) is 5.75 Å². The van der Waals surface area contributed by atoms with E-state index in [-0.39, 0.29) is 30.9 Å². The Kier molecular flexibility index (Phi) is 4.62. The largest absolute Gasteiger partial charge is 0.480 e. The number of halogens is 1. The summed E-state index contributed by atoms with van der Waals surface area (Å²) in [6.07, 6.45) is 0.525. The third-order valence-corrected chi connectivity index (χ3v) is 4.51. The molecule has 0 saturated carbocycles.